The molecule has 0 heterocycles. The Kier molecular flexibility index (Phi) is 4.73. The van der Waals surface area contributed by atoms with Crippen molar-refractivity contribution in [2.24, 2.45) is 5.92 Å². The molecule has 1 N–H and O–H groups in total. The van der Waals surface area contributed by atoms with Crippen LogP contribution >= 0.6 is 0 Å². The zero-order valence-electron chi connectivity index (χ0n) is 11.0. The molecule has 0 saturated heterocycles. The van der Waals surface area contributed by atoms with Gasteiger partial charge in [-0.05, 0) is 32.9 Å². The van der Waals surface area contributed by atoms with E-state index in [1.807, 2.05) is 6.92 Å². The normalized spacial score (nSPS) is 11.7. The number of rotatable bonds is 4. The second-order valence-electron chi connectivity index (χ2n) is 4.32. The highest BCUT2D eigenvalue weighted by Crippen LogP contribution is 2.21. The van der Waals surface area contributed by atoms with Gasteiger partial charge >= 0.3 is 0 Å². The van der Waals surface area contributed by atoms with Gasteiger partial charge in [-0.25, -0.2) is 0 Å². The van der Waals surface area contributed by atoms with E-state index in [4.69, 9.17) is 5.26 Å². The van der Waals surface area contributed by atoms with Gasteiger partial charge in [0.2, 0.25) is 0 Å². The van der Waals surface area contributed by atoms with Crippen LogP contribution in [0, 0.1) is 24.2 Å². The number of benzene rings is 1. The Morgan fingerprint density at radius 2 is 2.22 bits per heavy atom. The number of phenolic OH excluding ortho intramolecular Hbond substituents is 1. The van der Waals surface area contributed by atoms with Crippen molar-refractivity contribution >= 4 is 5.91 Å². The van der Waals surface area contributed by atoms with Crippen molar-refractivity contribution in [2.45, 2.75) is 20.8 Å². The first-order chi connectivity index (χ1) is 8.51. The minimum atomic E-state index is -0.202. The number of amides is 1. The van der Waals surface area contributed by atoms with Gasteiger partial charge < -0.3 is 10.0 Å². The molecule has 0 fully saturated rings. The predicted molar refractivity (Wildman–Crippen MR) is 69.2 cm³/mol. The van der Waals surface area contributed by atoms with E-state index in [1.165, 1.54) is 0 Å². The van der Waals surface area contributed by atoms with Gasteiger partial charge in [0.25, 0.3) is 5.91 Å². The molecule has 1 aromatic rings. The Morgan fingerprint density at radius 1 is 1.56 bits per heavy atom. The van der Waals surface area contributed by atoms with Crippen molar-refractivity contribution in [1.82, 2.24) is 4.90 Å². The average molecular weight is 246 g/mol. The van der Waals surface area contributed by atoms with Gasteiger partial charge in [0.15, 0.2) is 0 Å². The highest BCUT2D eigenvalue weighted by atomic mass is 16.3. The summed E-state index contributed by atoms with van der Waals surface area (Å²) in [4.78, 5) is 13.9. The summed E-state index contributed by atoms with van der Waals surface area (Å²) in [6.45, 7) is 6.32. The monoisotopic (exact) mass is 246 g/mol. The van der Waals surface area contributed by atoms with Crippen LogP contribution in [0.1, 0.15) is 29.8 Å². The summed E-state index contributed by atoms with van der Waals surface area (Å²) < 4.78 is 0. The van der Waals surface area contributed by atoms with E-state index < -0.39 is 0 Å². The molecule has 0 saturated carbocycles. The van der Waals surface area contributed by atoms with Crippen LogP contribution in [0.4, 0.5) is 0 Å². The molecule has 4 nitrogen and oxygen atoms in total. The highest BCUT2D eigenvalue weighted by Gasteiger charge is 2.19. The first-order valence-corrected chi connectivity index (χ1v) is 5.98. The zero-order valence-corrected chi connectivity index (χ0v) is 11.0. The fourth-order valence-corrected chi connectivity index (χ4v) is 1.75. The molecule has 0 spiro atoms. The Hall–Kier alpha value is -2.02. The van der Waals surface area contributed by atoms with E-state index in [-0.39, 0.29) is 17.6 Å². The number of carbonyl (C=O) groups excluding carboxylic acids is 1. The lowest BCUT2D eigenvalue weighted by Crippen LogP contribution is -2.34. The number of nitrogens with zero attached hydrogens (tertiary/aromatic N) is 2. The minimum absolute atomic E-state index is 0.116. The lowest BCUT2D eigenvalue weighted by Gasteiger charge is -2.23. The highest BCUT2D eigenvalue weighted by molar-refractivity contribution is 5.96. The fraction of sp³-hybridized carbons (Fsp3) is 0.429. The Morgan fingerprint density at radius 3 is 2.78 bits per heavy atom. The molecule has 0 aliphatic heterocycles. The van der Waals surface area contributed by atoms with Crippen molar-refractivity contribution < 1.29 is 9.90 Å². The third-order valence-corrected chi connectivity index (χ3v) is 2.92. The summed E-state index contributed by atoms with van der Waals surface area (Å²) in [6, 6.07) is 7.02. The molecule has 96 valence electrons. The van der Waals surface area contributed by atoms with Crippen molar-refractivity contribution in [2.75, 3.05) is 13.1 Å². The summed E-state index contributed by atoms with van der Waals surface area (Å²) in [5.41, 5.74) is 1.06. The van der Waals surface area contributed by atoms with Gasteiger partial charge in [-0.3, -0.25) is 4.79 Å². The summed E-state index contributed by atoms with van der Waals surface area (Å²) in [5.74, 6) is -0.232. The molecule has 1 aromatic carbocycles. The fourth-order valence-electron chi connectivity index (χ4n) is 1.75. The second-order valence-corrected chi connectivity index (χ2v) is 4.32. The average Bonchev–Trinajstić information content (AvgIpc) is 2.38. The third kappa shape index (κ3) is 3.01. The van der Waals surface area contributed by atoms with E-state index in [0.717, 1.165) is 0 Å². The van der Waals surface area contributed by atoms with Crippen LogP contribution in [0.25, 0.3) is 0 Å². The SMILES string of the molecule is CCN(CC(C)C#N)C(=O)c1cccc(O)c1C. The van der Waals surface area contributed by atoms with Crippen LogP contribution in [0.3, 0.4) is 0 Å². The summed E-state index contributed by atoms with van der Waals surface area (Å²) in [5, 5.41) is 18.4. The molecule has 0 bridgehead atoms. The minimum Gasteiger partial charge on any atom is -0.508 e. The molecule has 1 atom stereocenters. The maximum Gasteiger partial charge on any atom is 0.254 e. The Bertz CT molecular complexity index is 477. The van der Waals surface area contributed by atoms with Gasteiger partial charge in [0, 0.05) is 24.2 Å². The van der Waals surface area contributed by atoms with Gasteiger partial charge in [0.1, 0.15) is 5.75 Å². The molecule has 0 aromatic heterocycles. The molecule has 4 heteroatoms. The van der Waals surface area contributed by atoms with Crippen LogP contribution in [0.2, 0.25) is 0 Å². The third-order valence-electron chi connectivity index (χ3n) is 2.92. The van der Waals surface area contributed by atoms with E-state index in [9.17, 15) is 9.90 Å². The molecule has 0 aliphatic carbocycles. The molecule has 1 amide bonds. The topological polar surface area (TPSA) is 64.3 Å². The zero-order chi connectivity index (χ0) is 13.7. The van der Waals surface area contributed by atoms with Gasteiger partial charge in [-0.15, -0.1) is 0 Å². The van der Waals surface area contributed by atoms with Gasteiger partial charge in [-0.2, -0.15) is 5.26 Å². The number of hydrogen-bond acceptors (Lipinski definition) is 3. The van der Waals surface area contributed by atoms with Crippen LogP contribution in [0.15, 0.2) is 18.2 Å². The van der Waals surface area contributed by atoms with E-state index >= 15 is 0 Å². The van der Waals surface area contributed by atoms with Crippen molar-refractivity contribution in [3.63, 3.8) is 0 Å². The maximum absolute atomic E-state index is 12.3. The number of phenols is 1. The van der Waals surface area contributed by atoms with Gasteiger partial charge in [0.05, 0.1) is 12.0 Å². The van der Waals surface area contributed by atoms with Gasteiger partial charge in [-0.1, -0.05) is 6.07 Å². The van der Waals surface area contributed by atoms with Crippen molar-refractivity contribution in [3.8, 4) is 11.8 Å². The van der Waals surface area contributed by atoms with Crippen molar-refractivity contribution in [1.29, 1.82) is 5.26 Å². The maximum atomic E-state index is 12.3. The van der Waals surface area contributed by atoms with Crippen LogP contribution in [0.5, 0.6) is 5.75 Å². The molecular weight excluding hydrogens is 228 g/mol. The van der Waals surface area contributed by atoms with Crippen LogP contribution < -0.4 is 0 Å². The van der Waals surface area contributed by atoms with E-state index in [1.54, 1.807) is 36.9 Å². The van der Waals surface area contributed by atoms with Crippen molar-refractivity contribution in [3.05, 3.63) is 29.3 Å². The summed E-state index contributed by atoms with van der Waals surface area (Å²) in [6.07, 6.45) is 0. The molecule has 1 rings (SSSR count). The first kappa shape index (κ1) is 14.0. The largest absolute Gasteiger partial charge is 0.508 e. The lowest BCUT2D eigenvalue weighted by molar-refractivity contribution is 0.0751. The number of aromatic hydroxyl groups is 1. The number of carbonyl (C=O) groups is 1. The van der Waals surface area contributed by atoms with E-state index in [0.29, 0.717) is 24.2 Å². The number of nitriles is 1. The Balaban J connectivity index is 2.97. The first-order valence-electron chi connectivity index (χ1n) is 5.98. The molecule has 18 heavy (non-hydrogen) atoms. The molecule has 1 unspecified atom stereocenters. The smallest absolute Gasteiger partial charge is 0.254 e. The van der Waals surface area contributed by atoms with Crippen LogP contribution in [-0.4, -0.2) is 29.0 Å². The Labute approximate surface area is 107 Å². The molecular formula is C14H18N2O2. The standard InChI is InChI=1S/C14H18N2O2/c1-4-16(9-10(2)8-15)14(18)12-6-5-7-13(17)11(12)3/h5-7,10,17H,4,9H2,1-3H3. The summed E-state index contributed by atoms with van der Waals surface area (Å²) >= 11 is 0. The molecule has 0 radical (unpaired) electrons. The quantitative estimate of drug-likeness (QED) is 0.886. The van der Waals surface area contributed by atoms with E-state index in [2.05, 4.69) is 6.07 Å². The predicted octanol–water partition coefficient (Wildman–Crippen LogP) is 2.32. The summed E-state index contributed by atoms with van der Waals surface area (Å²) in [7, 11) is 0. The van der Waals surface area contributed by atoms with Crippen LogP contribution in [-0.2, 0) is 0 Å². The number of hydrogen-bond donors (Lipinski definition) is 1. The lowest BCUT2D eigenvalue weighted by atomic mass is 10.1. The second kappa shape index (κ2) is 6.06. The molecule has 0 aliphatic rings.